The van der Waals surface area contributed by atoms with Crippen LogP contribution in [0, 0.1) is 0 Å². The summed E-state index contributed by atoms with van der Waals surface area (Å²) in [5.41, 5.74) is 6.56. The zero-order valence-electron chi connectivity index (χ0n) is 12.1. The van der Waals surface area contributed by atoms with Crippen LogP contribution in [0.25, 0.3) is 0 Å². The number of nitrogens with zero attached hydrogens (tertiary/aromatic N) is 1. The van der Waals surface area contributed by atoms with Crippen molar-refractivity contribution < 1.29 is 18.7 Å². The number of nitrogens with two attached hydrogens (primary N) is 1. The third kappa shape index (κ3) is 2.37. The standard InChI is InChI=1S/C15H15N3O4/c1-8-15(20)18(2)10-7-9(3-4-11(10)21-8)17-14(19)12-5-6-13(16)22-12/h3-8H,16H2,1-2H3,(H,17,19). The van der Waals surface area contributed by atoms with Crippen molar-refractivity contribution in [1.82, 2.24) is 0 Å². The molecule has 2 aromatic rings. The van der Waals surface area contributed by atoms with Gasteiger partial charge in [-0.3, -0.25) is 9.59 Å². The molecule has 0 fully saturated rings. The van der Waals surface area contributed by atoms with E-state index >= 15 is 0 Å². The van der Waals surface area contributed by atoms with E-state index in [2.05, 4.69) is 5.32 Å². The van der Waals surface area contributed by atoms with Crippen LogP contribution in [-0.4, -0.2) is 25.0 Å². The van der Waals surface area contributed by atoms with E-state index in [-0.39, 0.29) is 17.6 Å². The number of likely N-dealkylation sites (N-methyl/N-ethyl adjacent to an activating group) is 1. The minimum absolute atomic E-state index is 0.115. The molecule has 0 aliphatic carbocycles. The van der Waals surface area contributed by atoms with Crippen LogP contribution in [0.3, 0.4) is 0 Å². The van der Waals surface area contributed by atoms with Crippen molar-refractivity contribution in [3.63, 3.8) is 0 Å². The second-order valence-electron chi connectivity index (χ2n) is 5.00. The number of nitrogen functional groups attached to an aromatic ring is 1. The Kier molecular flexibility index (Phi) is 3.25. The van der Waals surface area contributed by atoms with Crippen LogP contribution in [0.2, 0.25) is 0 Å². The number of carbonyl (C=O) groups excluding carboxylic acids is 2. The highest BCUT2D eigenvalue weighted by Crippen LogP contribution is 2.35. The Morgan fingerprint density at radius 2 is 2.09 bits per heavy atom. The summed E-state index contributed by atoms with van der Waals surface area (Å²) in [6, 6.07) is 8.07. The Balaban J connectivity index is 1.85. The van der Waals surface area contributed by atoms with Crippen LogP contribution in [0.5, 0.6) is 5.75 Å². The second-order valence-corrected chi connectivity index (χ2v) is 5.00. The van der Waals surface area contributed by atoms with Gasteiger partial charge in [0.1, 0.15) is 5.75 Å². The number of ether oxygens (including phenoxy) is 1. The monoisotopic (exact) mass is 301 g/mol. The zero-order chi connectivity index (χ0) is 15.9. The predicted molar refractivity (Wildman–Crippen MR) is 81.0 cm³/mol. The molecule has 1 atom stereocenters. The maximum Gasteiger partial charge on any atom is 0.291 e. The number of rotatable bonds is 2. The number of nitrogens with one attached hydrogen (secondary N) is 1. The summed E-state index contributed by atoms with van der Waals surface area (Å²) in [6.45, 7) is 1.69. The molecular weight excluding hydrogens is 286 g/mol. The van der Waals surface area contributed by atoms with Crippen molar-refractivity contribution in [2.45, 2.75) is 13.0 Å². The van der Waals surface area contributed by atoms with Crippen molar-refractivity contribution in [3.8, 4) is 5.75 Å². The fraction of sp³-hybridized carbons (Fsp3) is 0.200. The number of amides is 2. The van der Waals surface area contributed by atoms with Crippen LogP contribution in [-0.2, 0) is 4.79 Å². The maximum absolute atomic E-state index is 12.0. The first-order chi connectivity index (χ1) is 10.5. The lowest BCUT2D eigenvalue weighted by Crippen LogP contribution is -2.41. The van der Waals surface area contributed by atoms with Gasteiger partial charge in [-0.05, 0) is 31.2 Å². The minimum Gasteiger partial charge on any atom is -0.479 e. The third-order valence-corrected chi connectivity index (χ3v) is 3.41. The van der Waals surface area contributed by atoms with Gasteiger partial charge in [0.05, 0.1) is 5.69 Å². The molecule has 1 unspecified atom stereocenters. The summed E-state index contributed by atoms with van der Waals surface area (Å²) in [6.07, 6.45) is -0.524. The first-order valence-electron chi connectivity index (χ1n) is 6.70. The van der Waals surface area contributed by atoms with Gasteiger partial charge >= 0.3 is 0 Å². The van der Waals surface area contributed by atoms with Crippen LogP contribution < -0.4 is 20.7 Å². The van der Waals surface area contributed by atoms with Gasteiger partial charge in [0.2, 0.25) is 0 Å². The van der Waals surface area contributed by atoms with Crippen molar-refractivity contribution in [2.24, 2.45) is 0 Å². The zero-order valence-corrected chi connectivity index (χ0v) is 12.1. The van der Waals surface area contributed by atoms with E-state index in [4.69, 9.17) is 14.9 Å². The Morgan fingerprint density at radius 1 is 1.32 bits per heavy atom. The fourth-order valence-electron chi connectivity index (χ4n) is 2.26. The van der Waals surface area contributed by atoms with Crippen molar-refractivity contribution in [1.29, 1.82) is 0 Å². The van der Waals surface area contributed by atoms with E-state index in [0.717, 1.165) is 0 Å². The Hall–Kier alpha value is -2.96. The van der Waals surface area contributed by atoms with Crippen molar-refractivity contribution in [2.75, 3.05) is 23.0 Å². The molecule has 0 spiro atoms. The normalized spacial score (nSPS) is 16.9. The first-order valence-corrected chi connectivity index (χ1v) is 6.70. The third-order valence-electron chi connectivity index (χ3n) is 3.41. The molecule has 3 N–H and O–H groups in total. The number of anilines is 3. The van der Waals surface area contributed by atoms with Crippen LogP contribution in [0.4, 0.5) is 17.3 Å². The first kappa shape index (κ1) is 14.0. The SMILES string of the molecule is CC1Oc2ccc(NC(=O)c3ccc(N)o3)cc2N(C)C1=O. The van der Waals surface area contributed by atoms with Gasteiger partial charge < -0.3 is 25.1 Å². The molecule has 0 saturated carbocycles. The number of furan rings is 1. The molecule has 3 rings (SSSR count). The molecule has 7 nitrogen and oxygen atoms in total. The van der Waals surface area contributed by atoms with Gasteiger partial charge in [-0.1, -0.05) is 0 Å². The van der Waals surface area contributed by atoms with Gasteiger partial charge in [0.25, 0.3) is 11.8 Å². The molecule has 2 amide bonds. The summed E-state index contributed by atoms with van der Waals surface area (Å²) in [5, 5.41) is 2.69. The van der Waals surface area contributed by atoms with E-state index in [1.54, 1.807) is 32.2 Å². The second kappa shape index (κ2) is 5.10. The lowest BCUT2D eigenvalue weighted by molar-refractivity contribution is -0.125. The average molecular weight is 301 g/mol. The molecule has 0 radical (unpaired) electrons. The lowest BCUT2D eigenvalue weighted by atomic mass is 10.2. The summed E-state index contributed by atoms with van der Waals surface area (Å²) >= 11 is 0. The van der Waals surface area contributed by atoms with E-state index in [0.29, 0.717) is 17.1 Å². The molecule has 7 heteroatoms. The Morgan fingerprint density at radius 3 is 2.77 bits per heavy atom. The van der Waals surface area contributed by atoms with Gasteiger partial charge in [-0.25, -0.2) is 0 Å². The summed E-state index contributed by atoms with van der Waals surface area (Å²) < 4.78 is 10.6. The number of hydrogen-bond donors (Lipinski definition) is 2. The smallest absolute Gasteiger partial charge is 0.291 e. The fourth-order valence-corrected chi connectivity index (χ4v) is 2.26. The molecule has 0 bridgehead atoms. The summed E-state index contributed by atoms with van der Waals surface area (Å²) in [7, 11) is 1.67. The van der Waals surface area contributed by atoms with Crippen molar-refractivity contribution in [3.05, 3.63) is 36.1 Å². The molecule has 114 valence electrons. The van der Waals surface area contributed by atoms with E-state index < -0.39 is 12.0 Å². The molecule has 2 heterocycles. The predicted octanol–water partition coefficient (Wildman–Crippen LogP) is 1.86. The number of carbonyl (C=O) groups is 2. The molecule has 0 saturated heterocycles. The minimum atomic E-state index is -0.524. The largest absolute Gasteiger partial charge is 0.479 e. The van der Waals surface area contributed by atoms with E-state index in [1.165, 1.54) is 17.0 Å². The molecule has 22 heavy (non-hydrogen) atoms. The lowest BCUT2D eigenvalue weighted by Gasteiger charge is -2.30. The van der Waals surface area contributed by atoms with Gasteiger partial charge in [0, 0.05) is 18.8 Å². The summed E-state index contributed by atoms with van der Waals surface area (Å²) in [5.74, 6) is 0.313. The topological polar surface area (TPSA) is 97.8 Å². The quantitative estimate of drug-likeness (QED) is 0.882. The Bertz CT molecular complexity index is 753. The van der Waals surface area contributed by atoms with Gasteiger partial charge in [-0.2, -0.15) is 0 Å². The van der Waals surface area contributed by atoms with Crippen LogP contribution in [0.15, 0.2) is 34.7 Å². The van der Waals surface area contributed by atoms with Gasteiger partial charge in [-0.15, -0.1) is 0 Å². The van der Waals surface area contributed by atoms with Crippen LogP contribution in [0.1, 0.15) is 17.5 Å². The highest BCUT2D eigenvalue weighted by Gasteiger charge is 2.29. The number of fused-ring (bicyclic) bond motifs is 1. The van der Waals surface area contributed by atoms with E-state index in [1.807, 2.05) is 0 Å². The highest BCUT2D eigenvalue weighted by atomic mass is 16.5. The molecule has 1 aromatic heterocycles. The molecule has 1 aliphatic rings. The van der Waals surface area contributed by atoms with Crippen molar-refractivity contribution >= 4 is 29.1 Å². The number of hydrogen-bond acceptors (Lipinski definition) is 5. The van der Waals surface area contributed by atoms with E-state index in [9.17, 15) is 9.59 Å². The summed E-state index contributed by atoms with van der Waals surface area (Å²) in [4.78, 5) is 25.5. The number of benzene rings is 1. The molecule has 1 aromatic carbocycles. The maximum atomic E-state index is 12.0. The average Bonchev–Trinajstić information content (AvgIpc) is 2.92. The van der Waals surface area contributed by atoms with Gasteiger partial charge in [0.15, 0.2) is 17.7 Å². The van der Waals surface area contributed by atoms with Crippen LogP contribution >= 0.6 is 0 Å². The molecule has 1 aliphatic heterocycles. The molecular formula is C15H15N3O4. The highest BCUT2D eigenvalue weighted by molar-refractivity contribution is 6.04. The Labute approximate surface area is 126 Å².